The number of allylic oxidation sites excluding steroid dienone is 2. The Bertz CT molecular complexity index is 334. The molecule has 0 saturated heterocycles. The molecule has 90 valence electrons. The van der Waals surface area contributed by atoms with Crippen molar-refractivity contribution < 1.29 is 4.79 Å². The molecule has 1 rings (SSSR count). The summed E-state index contributed by atoms with van der Waals surface area (Å²) in [6, 6.07) is 0. The molecule has 0 spiro atoms. The molecule has 1 unspecified atom stereocenters. The van der Waals surface area contributed by atoms with Crippen LogP contribution in [0.4, 0.5) is 0 Å². The monoisotopic (exact) mass is 240 g/mol. The van der Waals surface area contributed by atoms with E-state index in [1.54, 1.807) is 11.8 Å². The number of nitrogens with one attached hydrogen (secondary N) is 1. The van der Waals surface area contributed by atoms with Crippen molar-refractivity contribution in [3.8, 4) is 0 Å². The number of primary amides is 1. The zero-order valence-corrected chi connectivity index (χ0v) is 11.0. The van der Waals surface area contributed by atoms with Crippen LogP contribution >= 0.6 is 11.8 Å². The summed E-state index contributed by atoms with van der Waals surface area (Å²) in [7, 11) is 1.81. The lowest BCUT2D eigenvalue weighted by molar-refractivity contribution is -0.113. The van der Waals surface area contributed by atoms with Crippen molar-refractivity contribution in [1.82, 2.24) is 5.32 Å². The largest absolute Gasteiger partial charge is 0.383 e. The number of hydrogen-bond donors (Lipinski definition) is 2. The normalized spacial score (nSPS) is 22.2. The lowest BCUT2D eigenvalue weighted by atomic mass is 9.92. The van der Waals surface area contributed by atoms with E-state index >= 15 is 0 Å². The summed E-state index contributed by atoms with van der Waals surface area (Å²) in [5.41, 5.74) is 6.59. The van der Waals surface area contributed by atoms with E-state index in [9.17, 15) is 4.79 Å². The Kier molecular flexibility index (Phi) is 4.93. The fourth-order valence-electron chi connectivity index (χ4n) is 1.74. The van der Waals surface area contributed by atoms with Crippen LogP contribution in [0.3, 0.4) is 0 Å². The van der Waals surface area contributed by atoms with Crippen LogP contribution in [0.15, 0.2) is 21.6 Å². The highest BCUT2D eigenvalue weighted by Crippen LogP contribution is 2.38. The molecule has 3 nitrogen and oxygen atoms in total. The summed E-state index contributed by atoms with van der Waals surface area (Å²) in [4.78, 5) is 12.2. The second kappa shape index (κ2) is 5.99. The maximum Gasteiger partial charge on any atom is 0.244 e. The van der Waals surface area contributed by atoms with Gasteiger partial charge in [0, 0.05) is 13.1 Å². The van der Waals surface area contributed by atoms with Gasteiger partial charge in [0.15, 0.2) is 0 Å². The molecular formula is C12H20N2OS. The Morgan fingerprint density at radius 1 is 1.62 bits per heavy atom. The quantitative estimate of drug-likeness (QED) is 0.742. The Labute approximate surface area is 102 Å². The Balaban J connectivity index is 2.74. The fraction of sp³-hybridized carbons (Fsp3) is 0.583. The molecule has 0 aromatic carbocycles. The topological polar surface area (TPSA) is 55.1 Å². The van der Waals surface area contributed by atoms with Crippen LogP contribution in [0.2, 0.25) is 0 Å². The molecule has 0 aliphatic heterocycles. The van der Waals surface area contributed by atoms with Gasteiger partial charge in [-0.3, -0.25) is 4.79 Å². The lowest BCUT2D eigenvalue weighted by Crippen LogP contribution is -2.13. The number of nitrogens with two attached hydrogens (primary N) is 1. The first-order valence-electron chi connectivity index (χ1n) is 5.58. The van der Waals surface area contributed by atoms with E-state index < -0.39 is 5.91 Å². The highest BCUT2D eigenvalue weighted by Gasteiger charge is 2.16. The average Bonchev–Trinajstić information content (AvgIpc) is 2.21. The standard InChI is InChI=1S/C12H20N2OS/c1-8-4-5-9(2)10(6-8)16-12(14-3)7-11(13)15/h7-8,14H,4-6H2,1-3H3,(H2,13,15)/b12-7+. The number of rotatable bonds is 4. The van der Waals surface area contributed by atoms with E-state index in [1.165, 1.54) is 23.0 Å². The Morgan fingerprint density at radius 3 is 2.88 bits per heavy atom. The molecule has 0 fully saturated rings. The SMILES string of the molecule is CN/C(=C\C(N)=O)SC1=C(C)CCC(C)C1. The highest BCUT2D eigenvalue weighted by molar-refractivity contribution is 8.06. The van der Waals surface area contributed by atoms with Gasteiger partial charge in [0.2, 0.25) is 5.91 Å². The van der Waals surface area contributed by atoms with E-state index in [4.69, 9.17) is 5.73 Å². The molecule has 1 aliphatic carbocycles. The van der Waals surface area contributed by atoms with Crippen LogP contribution < -0.4 is 11.1 Å². The molecule has 0 saturated carbocycles. The molecule has 0 aromatic rings. The first-order valence-corrected chi connectivity index (χ1v) is 6.40. The maximum atomic E-state index is 10.8. The van der Waals surface area contributed by atoms with E-state index in [0.717, 1.165) is 23.8 Å². The molecule has 0 bridgehead atoms. The first kappa shape index (κ1) is 13.2. The van der Waals surface area contributed by atoms with Crippen molar-refractivity contribution in [3.05, 3.63) is 21.6 Å². The number of amides is 1. The fourth-order valence-corrected chi connectivity index (χ4v) is 2.93. The highest BCUT2D eigenvalue weighted by atomic mass is 32.2. The summed E-state index contributed by atoms with van der Waals surface area (Å²) >= 11 is 1.63. The van der Waals surface area contributed by atoms with Crippen molar-refractivity contribution in [2.75, 3.05) is 7.05 Å². The van der Waals surface area contributed by atoms with E-state index in [1.807, 2.05) is 7.05 Å². The Hall–Kier alpha value is -0.900. The van der Waals surface area contributed by atoms with Crippen molar-refractivity contribution in [2.45, 2.75) is 33.1 Å². The molecule has 0 aromatic heterocycles. The number of carbonyl (C=O) groups is 1. The van der Waals surface area contributed by atoms with Gasteiger partial charge in [-0.1, -0.05) is 24.3 Å². The smallest absolute Gasteiger partial charge is 0.244 e. The summed E-state index contributed by atoms with van der Waals surface area (Å²) < 4.78 is 0. The molecule has 3 N–H and O–H groups in total. The maximum absolute atomic E-state index is 10.8. The minimum absolute atomic E-state index is 0.404. The molecule has 0 radical (unpaired) electrons. The minimum Gasteiger partial charge on any atom is -0.383 e. The lowest BCUT2D eigenvalue weighted by Gasteiger charge is -2.23. The van der Waals surface area contributed by atoms with Crippen LogP contribution in [-0.2, 0) is 4.79 Å². The zero-order valence-electron chi connectivity index (χ0n) is 10.2. The summed E-state index contributed by atoms with van der Waals surface area (Å²) in [6.07, 6.45) is 4.99. The van der Waals surface area contributed by atoms with Crippen molar-refractivity contribution >= 4 is 17.7 Å². The van der Waals surface area contributed by atoms with E-state index in [0.29, 0.717) is 0 Å². The number of hydrogen-bond acceptors (Lipinski definition) is 3. The molecule has 0 heterocycles. The van der Waals surface area contributed by atoms with Gasteiger partial charge >= 0.3 is 0 Å². The van der Waals surface area contributed by atoms with Crippen molar-refractivity contribution in [1.29, 1.82) is 0 Å². The second-order valence-electron chi connectivity index (χ2n) is 4.31. The minimum atomic E-state index is -0.404. The van der Waals surface area contributed by atoms with Crippen molar-refractivity contribution in [2.24, 2.45) is 11.7 Å². The first-order chi connectivity index (χ1) is 7.52. The predicted molar refractivity (Wildman–Crippen MR) is 69.6 cm³/mol. The summed E-state index contributed by atoms with van der Waals surface area (Å²) in [5, 5.41) is 3.83. The van der Waals surface area contributed by atoms with E-state index in [2.05, 4.69) is 19.2 Å². The molecule has 1 aliphatic rings. The molecule has 16 heavy (non-hydrogen) atoms. The molecule has 1 amide bonds. The van der Waals surface area contributed by atoms with Gasteiger partial charge in [-0.15, -0.1) is 0 Å². The molecule has 4 heteroatoms. The third-order valence-electron chi connectivity index (χ3n) is 2.77. The van der Waals surface area contributed by atoms with Gasteiger partial charge in [-0.25, -0.2) is 0 Å². The van der Waals surface area contributed by atoms with Crippen LogP contribution in [0, 0.1) is 5.92 Å². The van der Waals surface area contributed by atoms with Gasteiger partial charge < -0.3 is 11.1 Å². The van der Waals surface area contributed by atoms with Crippen LogP contribution in [0.1, 0.15) is 33.1 Å². The van der Waals surface area contributed by atoms with Crippen LogP contribution in [0.25, 0.3) is 0 Å². The molecule has 1 atom stereocenters. The summed E-state index contributed by atoms with van der Waals surface area (Å²) in [6.45, 7) is 4.44. The number of thioether (sulfide) groups is 1. The van der Waals surface area contributed by atoms with Gasteiger partial charge in [0.05, 0.1) is 5.03 Å². The predicted octanol–water partition coefficient (Wildman–Crippen LogP) is 2.36. The molecular weight excluding hydrogens is 220 g/mol. The summed E-state index contributed by atoms with van der Waals surface area (Å²) in [5.74, 6) is 0.330. The van der Waals surface area contributed by atoms with Crippen LogP contribution in [0.5, 0.6) is 0 Å². The van der Waals surface area contributed by atoms with Crippen molar-refractivity contribution in [3.63, 3.8) is 0 Å². The second-order valence-corrected chi connectivity index (χ2v) is 5.45. The van der Waals surface area contributed by atoms with Gasteiger partial charge in [-0.05, 0) is 37.0 Å². The third-order valence-corrected chi connectivity index (χ3v) is 4.08. The zero-order chi connectivity index (χ0) is 12.1. The number of carbonyl (C=O) groups excluding carboxylic acids is 1. The van der Waals surface area contributed by atoms with Gasteiger partial charge in [0.25, 0.3) is 0 Å². The third kappa shape index (κ3) is 3.93. The van der Waals surface area contributed by atoms with Gasteiger partial charge in [-0.2, -0.15) is 0 Å². The van der Waals surface area contributed by atoms with Crippen LogP contribution in [-0.4, -0.2) is 13.0 Å². The average molecular weight is 240 g/mol. The van der Waals surface area contributed by atoms with Gasteiger partial charge in [0.1, 0.15) is 0 Å². The van der Waals surface area contributed by atoms with E-state index in [-0.39, 0.29) is 0 Å². The Morgan fingerprint density at radius 2 is 2.31 bits per heavy atom.